The van der Waals surface area contributed by atoms with Crippen LogP contribution in [-0.4, -0.2) is 50.5 Å². The Kier molecular flexibility index (Phi) is 10.9. The van der Waals surface area contributed by atoms with Crippen LogP contribution in [0.1, 0.15) is 56.2 Å². The van der Waals surface area contributed by atoms with Gasteiger partial charge in [-0.1, -0.05) is 38.1 Å². The monoisotopic (exact) mass is 519 g/mol. The molecule has 2 rings (SSSR count). The van der Waals surface area contributed by atoms with Crippen molar-refractivity contribution in [2.45, 2.75) is 66.0 Å². The van der Waals surface area contributed by atoms with E-state index in [0.717, 1.165) is 23.8 Å². The van der Waals surface area contributed by atoms with Crippen molar-refractivity contribution in [3.63, 3.8) is 0 Å². The second-order valence-corrected chi connectivity index (χ2v) is 11.0. The standard InChI is InChI=1S/C27H38FN3O4S/c1-6-16-29-27(33)24(7-2)30(19-22-12-14-23(28)15-13-22)26(32)9-8-17-31(36(5,34)35)25-18-20(3)10-11-21(25)4/h10-15,18,24H,6-9,16-17,19H2,1-5H3,(H,29,33)/t24-/m1/s1. The van der Waals surface area contributed by atoms with Crippen LogP contribution in [0.5, 0.6) is 0 Å². The van der Waals surface area contributed by atoms with E-state index in [1.54, 1.807) is 12.1 Å². The molecule has 0 saturated heterocycles. The summed E-state index contributed by atoms with van der Waals surface area (Å²) in [6.45, 7) is 8.34. The molecule has 0 aliphatic heterocycles. The Morgan fingerprint density at radius 3 is 2.31 bits per heavy atom. The minimum Gasteiger partial charge on any atom is -0.354 e. The Bertz CT molecular complexity index is 1140. The van der Waals surface area contributed by atoms with Crippen LogP contribution in [-0.2, 0) is 26.2 Å². The molecule has 9 heteroatoms. The third kappa shape index (κ3) is 8.33. The lowest BCUT2D eigenvalue weighted by Gasteiger charge is -2.31. The van der Waals surface area contributed by atoms with Crippen LogP contribution in [0.3, 0.4) is 0 Å². The van der Waals surface area contributed by atoms with Crippen molar-refractivity contribution in [2.75, 3.05) is 23.7 Å². The predicted octanol–water partition coefficient (Wildman–Crippen LogP) is 4.32. The van der Waals surface area contributed by atoms with Gasteiger partial charge in [0.05, 0.1) is 11.9 Å². The summed E-state index contributed by atoms with van der Waals surface area (Å²) in [6.07, 6.45) is 2.69. The molecule has 0 unspecified atom stereocenters. The molecule has 36 heavy (non-hydrogen) atoms. The molecular weight excluding hydrogens is 481 g/mol. The zero-order chi connectivity index (χ0) is 26.9. The molecule has 2 aromatic rings. The highest BCUT2D eigenvalue weighted by Crippen LogP contribution is 2.25. The van der Waals surface area contributed by atoms with Crippen LogP contribution in [0.25, 0.3) is 0 Å². The van der Waals surface area contributed by atoms with Crippen molar-refractivity contribution in [1.29, 1.82) is 0 Å². The van der Waals surface area contributed by atoms with E-state index >= 15 is 0 Å². The minimum absolute atomic E-state index is 0.0651. The summed E-state index contributed by atoms with van der Waals surface area (Å²) in [4.78, 5) is 27.7. The lowest BCUT2D eigenvalue weighted by Crippen LogP contribution is -2.49. The molecule has 2 amide bonds. The number of sulfonamides is 1. The van der Waals surface area contributed by atoms with Crippen molar-refractivity contribution in [1.82, 2.24) is 10.2 Å². The third-order valence-electron chi connectivity index (χ3n) is 5.99. The lowest BCUT2D eigenvalue weighted by atomic mass is 10.1. The van der Waals surface area contributed by atoms with Gasteiger partial charge in [-0.15, -0.1) is 0 Å². The van der Waals surface area contributed by atoms with E-state index in [1.165, 1.54) is 21.3 Å². The number of aryl methyl sites for hydroxylation is 2. The van der Waals surface area contributed by atoms with Gasteiger partial charge in [0, 0.05) is 26.1 Å². The summed E-state index contributed by atoms with van der Waals surface area (Å²) >= 11 is 0. The molecule has 198 valence electrons. The maximum atomic E-state index is 13.4. The first kappa shape index (κ1) is 29.3. The van der Waals surface area contributed by atoms with Crippen LogP contribution in [0, 0.1) is 19.7 Å². The molecule has 0 aliphatic carbocycles. The number of carbonyl (C=O) groups is 2. The fourth-order valence-electron chi connectivity index (χ4n) is 4.04. The number of benzene rings is 2. The molecule has 0 radical (unpaired) electrons. The number of carbonyl (C=O) groups excluding carboxylic acids is 2. The summed E-state index contributed by atoms with van der Waals surface area (Å²) in [7, 11) is -3.56. The van der Waals surface area contributed by atoms with Crippen LogP contribution in [0.15, 0.2) is 42.5 Å². The first-order chi connectivity index (χ1) is 17.0. The van der Waals surface area contributed by atoms with Gasteiger partial charge >= 0.3 is 0 Å². The van der Waals surface area contributed by atoms with Crippen molar-refractivity contribution in [3.05, 3.63) is 65.0 Å². The van der Waals surface area contributed by atoms with Gasteiger partial charge in [-0.3, -0.25) is 13.9 Å². The molecule has 0 fully saturated rings. The highest BCUT2D eigenvalue weighted by atomic mass is 32.2. The number of amides is 2. The van der Waals surface area contributed by atoms with E-state index in [0.29, 0.717) is 24.2 Å². The van der Waals surface area contributed by atoms with E-state index in [9.17, 15) is 22.4 Å². The number of rotatable bonds is 13. The third-order valence-corrected chi connectivity index (χ3v) is 7.17. The van der Waals surface area contributed by atoms with Crippen molar-refractivity contribution in [3.8, 4) is 0 Å². The maximum absolute atomic E-state index is 13.4. The Hall–Kier alpha value is -2.94. The highest BCUT2D eigenvalue weighted by molar-refractivity contribution is 7.92. The van der Waals surface area contributed by atoms with E-state index in [4.69, 9.17) is 0 Å². The normalized spacial score (nSPS) is 12.2. The lowest BCUT2D eigenvalue weighted by molar-refractivity contribution is -0.141. The van der Waals surface area contributed by atoms with Crippen LogP contribution >= 0.6 is 0 Å². The van der Waals surface area contributed by atoms with Gasteiger partial charge in [0.1, 0.15) is 11.9 Å². The molecule has 0 aromatic heterocycles. The zero-order valence-electron chi connectivity index (χ0n) is 21.9. The average Bonchev–Trinajstić information content (AvgIpc) is 2.82. The summed E-state index contributed by atoms with van der Waals surface area (Å²) < 4.78 is 39.9. The van der Waals surface area contributed by atoms with Gasteiger partial charge in [-0.25, -0.2) is 12.8 Å². The van der Waals surface area contributed by atoms with E-state index in [2.05, 4.69) is 5.32 Å². The molecule has 0 saturated carbocycles. The van der Waals surface area contributed by atoms with E-state index in [-0.39, 0.29) is 43.6 Å². The van der Waals surface area contributed by atoms with Gasteiger partial charge in [-0.05, 0) is 68.0 Å². The number of hydrogen-bond acceptors (Lipinski definition) is 4. The summed E-state index contributed by atoms with van der Waals surface area (Å²) in [5.74, 6) is -0.869. The molecule has 0 aliphatic rings. The van der Waals surface area contributed by atoms with Crippen LogP contribution in [0.2, 0.25) is 0 Å². The maximum Gasteiger partial charge on any atom is 0.242 e. The van der Waals surface area contributed by atoms with Gasteiger partial charge < -0.3 is 10.2 Å². The van der Waals surface area contributed by atoms with Gasteiger partial charge in [-0.2, -0.15) is 0 Å². The Balaban J connectivity index is 2.23. The summed E-state index contributed by atoms with van der Waals surface area (Å²) in [6, 6.07) is 10.8. The van der Waals surface area contributed by atoms with Crippen molar-refractivity contribution < 1.29 is 22.4 Å². The average molecular weight is 520 g/mol. The molecule has 2 aromatic carbocycles. The molecule has 0 spiro atoms. The van der Waals surface area contributed by atoms with Crippen LogP contribution in [0.4, 0.5) is 10.1 Å². The van der Waals surface area contributed by atoms with Gasteiger partial charge in [0.15, 0.2) is 0 Å². The minimum atomic E-state index is -3.56. The number of nitrogens with zero attached hydrogens (tertiary/aromatic N) is 2. The molecule has 1 N–H and O–H groups in total. The van der Waals surface area contributed by atoms with Gasteiger partial charge in [0.2, 0.25) is 21.8 Å². The first-order valence-electron chi connectivity index (χ1n) is 12.3. The fraction of sp³-hybridized carbons (Fsp3) is 0.481. The SMILES string of the molecule is CCCNC(=O)[C@@H](CC)N(Cc1ccc(F)cc1)C(=O)CCCN(c1cc(C)ccc1C)S(C)(=O)=O. The summed E-state index contributed by atoms with van der Waals surface area (Å²) in [5.41, 5.74) is 3.07. The topological polar surface area (TPSA) is 86.8 Å². The van der Waals surface area contributed by atoms with Gasteiger partial charge in [0.25, 0.3) is 0 Å². The largest absolute Gasteiger partial charge is 0.354 e. The van der Waals surface area contributed by atoms with E-state index in [1.807, 2.05) is 45.9 Å². The first-order valence-corrected chi connectivity index (χ1v) is 14.2. The van der Waals surface area contributed by atoms with Crippen molar-refractivity contribution >= 4 is 27.5 Å². The quantitative estimate of drug-likeness (QED) is 0.427. The Morgan fingerprint density at radius 1 is 1.06 bits per heavy atom. The molecule has 7 nitrogen and oxygen atoms in total. The Morgan fingerprint density at radius 2 is 1.72 bits per heavy atom. The number of nitrogens with one attached hydrogen (secondary N) is 1. The molecule has 0 bridgehead atoms. The second kappa shape index (κ2) is 13.4. The van der Waals surface area contributed by atoms with E-state index < -0.39 is 16.1 Å². The fourth-order valence-corrected chi connectivity index (χ4v) is 5.06. The highest BCUT2D eigenvalue weighted by Gasteiger charge is 2.29. The summed E-state index contributed by atoms with van der Waals surface area (Å²) in [5, 5.41) is 2.86. The number of halogens is 1. The van der Waals surface area contributed by atoms with Crippen molar-refractivity contribution in [2.24, 2.45) is 0 Å². The zero-order valence-corrected chi connectivity index (χ0v) is 22.7. The number of hydrogen-bond donors (Lipinski definition) is 1. The Labute approximate surface area is 214 Å². The molecular formula is C27H38FN3O4S. The smallest absolute Gasteiger partial charge is 0.242 e. The second-order valence-electron chi connectivity index (χ2n) is 9.09. The molecule has 1 atom stereocenters. The van der Waals surface area contributed by atoms with Crippen LogP contribution < -0.4 is 9.62 Å². The molecule has 0 heterocycles. The predicted molar refractivity (Wildman–Crippen MR) is 142 cm³/mol. The number of anilines is 1.